The molecule has 0 radical (unpaired) electrons. The number of thioether (sulfide) groups is 1. The Balaban J connectivity index is 2.27. The smallest absolute Gasteiger partial charge is 0.0141 e. The van der Waals surface area contributed by atoms with Crippen LogP contribution >= 0.6 is 11.8 Å². The molecule has 1 rings (SSSR count). The molecule has 2 heteroatoms. The van der Waals surface area contributed by atoms with Crippen molar-refractivity contribution in [2.75, 3.05) is 12.8 Å². The molecule has 0 aliphatic heterocycles. The molecule has 1 aliphatic carbocycles. The Hall–Kier alpha value is 0.310. The molecule has 0 heterocycles. The molecule has 14 heavy (non-hydrogen) atoms. The zero-order chi connectivity index (χ0) is 10.6. The molecular weight excluding hydrogens is 190 g/mol. The zero-order valence-electron chi connectivity index (χ0n) is 10.0. The van der Waals surface area contributed by atoms with Crippen molar-refractivity contribution in [3.63, 3.8) is 0 Å². The molecule has 0 aromatic carbocycles. The van der Waals surface area contributed by atoms with Gasteiger partial charge in [0.1, 0.15) is 0 Å². The van der Waals surface area contributed by atoms with Gasteiger partial charge in [-0.1, -0.05) is 27.2 Å². The highest BCUT2D eigenvalue weighted by molar-refractivity contribution is 7.99. The van der Waals surface area contributed by atoms with Gasteiger partial charge >= 0.3 is 0 Å². The van der Waals surface area contributed by atoms with Crippen LogP contribution < -0.4 is 5.32 Å². The van der Waals surface area contributed by atoms with Crippen LogP contribution in [-0.2, 0) is 0 Å². The summed E-state index contributed by atoms with van der Waals surface area (Å²) in [5, 5.41) is 4.48. The average Bonchev–Trinajstić information content (AvgIpc) is 2.19. The lowest BCUT2D eigenvalue weighted by atomic mass is 9.80. The van der Waals surface area contributed by atoms with E-state index < -0.39 is 0 Å². The maximum atomic E-state index is 3.73. The highest BCUT2D eigenvalue weighted by atomic mass is 32.2. The highest BCUT2D eigenvalue weighted by Gasteiger charge is 2.24. The lowest BCUT2D eigenvalue weighted by molar-refractivity contribution is 0.230. The molecule has 0 saturated heterocycles. The molecule has 1 saturated carbocycles. The predicted octanol–water partition coefficient (Wildman–Crippen LogP) is 3.15. The monoisotopic (exact) mass is 215 g/mol. The lowest BCUT2D eigenvalue weighted by Crippen LogP contribution is -2.41. The van der Waals surface area contributed by atoms with E-state index >= 15 is 0 Å². The fraction of sp³-hybridized carbons (Fsp3) is 1.00. The van der Waals surface area contributed by atoms with Crippen molar-refractivity contribution in [1.82, 2.24) is 5.32 Å². The second kappa shape index (κ2) is 6.02. The standard InChI is InChI=1S/C12H25NS/c1-9-5-6-10(2)12(7-9)13-8-11(3)14-4/h9-13H,5-8H2,1-4H3. The zero-order valence-corrected chi connectivity index (χ0v) is 10.9. The Kier molecular flexibility index (Phi) is 5.32. The normalized spacial score (nSPS) is 35.6. The van der Waals surface area contributed by atoms with Gasteiger partial charge in [-0.3, -0.25) is 0 Å². The fourth-order valence-electron chi connectivity index (χ4n) is 2.22. The Labute approximate surface area is 93.4 Å². The van der Waals surface area contributed by atoms with Crippen molar-refractivity contribution in [1.29, 1.82) is 0 Å². The van der Waals surface area contributed by atoms with E-state index in [9.17, 15) is 0 Å². The van der Waals surface area contributed by atoms with Crippen molar-refractivity contribution in [3.05, 3.63) is 0 Å². The molecule has 1 aliphatic rings. The summed E-state index contributed by atoms with van der Waals surface area (Å²) in [7, 11) is 0. The van der Waals surface area contributed by atoms with Crippen LogP contribution in [0.3, 0.4) is 0 Å². The van der Waals surface area contributed by atoms with Crippen LogP contribution in [0.5, 0.6) is 0 Å². The Morgan fingerprint density at radius 1 is 1.36 bits per heavy atom. The molecule has 0 aromatic heterocycles. The Bertz CT molecular complexity index is 160. The third-order valence-electron chi connectivity index (χ3n) is 3.53. The summed E-state index contributed by atoms with van der Waals surface area (Å²) in [5.74, 6) is 1.80. The average molecular weight is 215 g/mol. The van der Waals surface area contributed by atoms with Crippen molar-refractivity contribution >= 4 is 11.8 Å². The van der Waals surface area contributed by atoms with Gasteiger partial charge in [-0.05, 0) is 30.9 Å². The molecule has 4 unspecified atom stereocenters. The van der Waals surface area contributed by atoms with Crippen molar-refractivity contribution in [3.8, 4) is 0 Å². The van der Waals surface area contributed by atoms with E-state index in [1.54, 1.807) is 0 Å². The Morgan fingerprint density at radius 3 is 2.71 bits per heavy atom. The fourth-order valence-corrected chi connectivity index (χ4v) is 2.48. The van der Waals surface area contributed by atoms with Crippen molar-refractivity contribution in [2.45, 2.75) is 51.3 Å². The molecule has 0 bridgehead atoms. The summed E-state index contributed by atoms with van der Waals surface area (Å²) in [6.07, 6.45) is 6.41. The maximum absolute atomic E-state index is 3.73. The molecule has 84 valence electrons. The molecule has 0 spiro atoms. The second-order valence-electron chi connectivity index (χ2n) is 4.96. The van der Waals surface area contributed by atoms with E-state index in [0.717, 1.165) is 23.1 Å². The summed E-state index contributed by atoms with van der Waals surface area (Å²) in [5.41, 5.74) is 0. The first kappa shape index (κ1) is 12.4. The SMILES string of the molecule is CSC(C)CNC1CC(C)CCC1C. The predicted molar refractivity (Wildman–Crippen MR) is 66.9 cm³/mol. The van der Waals surface area contributed by atoms with Gasteiger partial charge in [0.15, 0.2) is 0 Å². The van der Waals surface area contributed by atoms with E-state index in [1.807, 2.05) is 11.8 Å². The quantitative estimate of drug-likeness (QED) is 0.773. The van der Waals surface area contributed by atoms with Crippen LogP contribution in [0.15, 0.2) is 0 Å². The topological polar surface area (TPSA) is 12.0 Å². The van der Waals surface area contributed by atoms with Gasteiger partial charge in [0.2, 0.25) is 0 Å². The van der Waals surface area contributed by atoms with E-state index in [0.29, 0.717) is 0 Å². The van der Waals surface area contributed by atoms with Crippen LogP contribution in [0.25, 0.3) is 0 Å². The first-order valence-electron chi connectivity index (χ1n) is 5.89. The number of rotatable bonds is 4. The van der Waals surface area contributed by atoms with Gasteiger partial charge < -0.3 is 5.32 Å². The number of hydrogen-bond donors (Lipinski definition) is 1. The Morgan fingerprint density at radius 2 is 2.07 bits per heavy atom. The molecular formula is C12H25NS. The minimum absolute atomic E-state index is 0.749. The summed E-state index contributed by atoms with van der Waals surface area (Å²) in [6, 6.07) is 0.772. The first-order chi connectivity index (χ1) is 6.63. The third kappa shape index (κ3) is 3.82. The van der Waals surface area contributed by atoms with E-state index in [1.165, 1.54) is 25.8 Å². The van der Waals surface area contributed by atoms with Crippen LogP contribution in [0.2, 0.25) is 0 Å². The largest absolute Gasteiger partial charge is 0.313 e. The molecule has 1 nitrogen and oxygen atoms in total. The molecule has 1 N–H and O–H groups in total. The summed E-state index contributed by atoms with van der Waals surface area (Å²) < 4.78 is 0. The second-order valence-corrected chi connectivity index (χ2v) is 6.23. The van der Waals surface area contributed by atoms with Crippen LogP contribution in [0, 0.1) is 11.8 Å². The van der Waals surface area contributed by atoms with Crippen LogP contribution in [0.1, 0.15) is 40.0 Å². The first-order valence-corrected chi connectivity index (χ1v) is 7.18. The lowest BCUT2D eigenvalue weighted by Gasteiger charge is -2.34. The molecule has 0 amide bonds. The van der Waals surface area contributed by atoms with E-state index in [-0.39, 0.29) is 0 Å². The van der Waals surface area contributed by atoms with Gasteiger partial charge in [0.05, 0.1) is 0 Å². The van der Waals surface area contributed by atoms with Gasteiger partial charge in [-0.15, -0.1) is 0 Å². The summed E-state index contributed by atoms with van der Waals surface area (Å²) in [6.45, 7) is 8.25. The van der Waals surface area contributed by atoms with Gasteiger partial charge in [0.25, 0.3) is 0 Å². The number of hydrogen-bond acceptors (Lipinski definition) is 2. The summed E-state index contributed by atoms with van der Waals surface area (Å²) >= 11 is 1.95. The van der Waals surface area contributed by atoms with E-state index in [4.69, 9.17) is 0 Å². The van der Waals surface area contributed by atoms with Crippen LogP contribution in [-0.4, -0.2) is 24.1 Å². The van der Waals surface area contributed by atoms with Crippen molar-refractivity contribution in [2.24, 2.45) is 11.8 Å². The molecule has 0 aromatic rings. The van der Waals surface area contributed by atoms with Gasteiger partial charge in [-0.2, -0.15) is 11.8 Å². The van der Waals surface area contributed by atoms with Gasteiger partial charge in [0, 0.05) is 17.8 Å². The minimum Gasteiger partial charge on any atom is -0.313 e. The highest BCUT2D eigenvalue weighted by Crippen LogP contribution is 2.28. The molecule has 1 fully saturated rings. The summed E-state index contributed by atoms with van der Waals surface area (Å²) in [4.78, 5) is 0. The van der Waals surface area contributed by atoms with Crippen LogP contribution in [0.4, 0.5) is 0 Å². The number of nitrogens with one attached hydrogen (secondary N) is 1. The van der Waals surface area contributed by atoms with Crippen molar-refractivity contribution < 1.29 is 0 Å². The van der Waals surface area contributed by atoms with Gasteiger partial charge in [-0.25, -0.2) is 0 Å². The maximum Gasteiger partial charge on any atom is 0.0141 e. The van der Waals surface area contributed by atoms with E-state index in [2.05, 4.69) is 32.3 Å². The third-order valence-corrected chi connectivity index (χ3v) is 4.50. The minimum atomic E-state index is 0.749. The molecule has 4 atom stereocenters.